The summed E-state index contributed by atoms with van der Waals surface area (Å²) in [6.07, 6.45) is 7.33. The first-order chi connectivity index (χ1) is 10.6. The van der Waals surface area contributed by atoms with Crippen molar-refractivity contribution in [3.8, 4) is 0 Å². The van der Waals surface area contributed by atoms with Gasteiger partial charge in [0.05, 0.1) is 5.60 Å². The number of nitrogens with zero attached hydrogens (tertiary/aromatic N) is 2. The summed E-state index contributed by atoms with van der Waals surface area (Å²) in [7, 11) is 0. The molecule has 120 valence electrons. The molecule has 1 amide bonds. The second kappa shape index (κ2) is 5.49. The van der Waals surface area contributed by atoms with E-state index in [2.05, 4.69) is 10.3 Å². The van der Waals surface area contributed by atoms with Crippen LogP contribution in [0.1, 0.15) is 55.4 Å². The van der Waals surface area contributed by atoms with Crippen LogP contribution in [-0.4, -0.2) is 45.6 Å². The fourth-order valence-electron chi connectivity index (χ4n) is 3.76. The quantitative estimate of drug-likeness (QED) is 0.898. The van der Waals surface area contributed by atoms with Gasteiger partial charge in [-0.2, -0.15) is 0 Å². The summed E-state index contributed by atoms with van der Waals surface area (Å²) < 4.78 is 0. The van der Waals surface area contributed by atoms with Crippen LogP contribution in [0.15, 0.2) is 5.38 Å². The maximum atomic E-state index is 12.7. The van der Waals surface area contributed by atoms with Crippen molar-refractivity contribution in [1.82, 2.24) is 9.88 Å². The molecule has 3 fully saturated rings. The number of aromatic nitrogens is 1. The van der Waals surface area contributed by atoms with Crippen molar-refractivity contribution in [1.29, 1.82) is 0 Å². The van der Waals surface area contributed by atoms with E-state index < -0.39 is 5.60 Å². The maximum absolute atomic E-state index is 12.7. The molecule has 0 spiro atoms. The molecule has 2 aliphatic carbocycles. The first-order valence-corrected chi connectivity index (χ1v) is 9.26. The minimum Gasteiger partial charge on any atom is -0.389 e. The van der Waals surface area contributed by atoms with E-state index in [0.717, 1.165) is 24.4 Å². The smallest absolute Gasteiger partial charge is 0.273 e. The Morgan fingerprint density at radius 2 is 2.23 bits per heavy atom. The Bertz CT molecular complexity index is 571. The third-order valence-electron chi connectivity index (χ3n) is 5.34. The molecule has 2 atom stereocenters. The number of hydrogen-bond acceptors (Lipinski definition) is 5. The highest BCUT2D eigenvalue weighted by atomic mass is 32.1. The highest BCUT2D eigenvalue weighted by Gasteiger charge is 2.44. The Hall–Kier alpha value is -1.14. The molecule has 0 bridgehead atoms. The van der Waals surface area contributed by atoms with Crippen molar-refractivity contribution in [2.24, 2.45) is 5.92 Å². The third-order valence-corrected chi connectivity index (χ3v) is 6.12. The molecule has 2 N–H and O–H groups in total. The van der Waals surface area contributed by atoms with Gasteiger partial charge in [-0.1, -0.05) is 12.8 Å². The Morgan fingerprint density at radius 3 is 3.05 bits per heavy atom. The maximum Gasteiger partial charge on any atom is 0.273 e. The number of hydrogen-bond donors (Lipinski definition) is 2. The van der Waals surface area contributed by atoms with Gasteiger partial charge in [0.15, 0.2) is 5.13 Å². The van der Waals surface area contributed by atoms with E-state index in [1.54, 1.807) is 0 Å². The highest BCUT2D eigenvalue weighted by molar-refractivity contribution is 7.13. The standard InChI is InChI=1S/C16H23N3O2S/c20-14(13-10-22-15(18-13)17-12-4-5-12)19-8-7-16(21)6-2-1-3-11(16)9-19/h10-12,21H,1-9H2,(H,17,18). The van der Waals surface area contributed by atoms with Gasteiger partial charge >= 0.3 is 0 Å². The molecule has 1 aliphatic heterocycles. The van der Waals surface area contributed by atoms with Gasteiger partial charge in [0.25, 0.3) is 5.91 Å². The zero-order chi connectivity index (χ0) is 15.2. The summed E-state index contributed by atoms with van der Waals surface area (Å²) in [6.45, 7) is 1.33. The van der Waals surface area contributed by atoms with Crippen LogP contribution in [0.4, 0.5) is 5.13 Å². The number of nitrogens with one attached hydrogen (secondary N) is 1. The fourth-order valence-corrected chi connectivity index (χ4v) is 4.52. The van der Waals surface area contributed by atoms with Gasteiger partial charge in [0, 0.05) is 30.4 Å². The average molecular weight is 321 g/mol. The fraction of sp³-hybridized carbons (Fsp3) is 0.750. The number of aliphatic hydroxyl groups is 1. The molecule has 22 heavy (non-hydrogen) atoms. The molecule has 2 saturated carbocycles. The van der Waals surface area contributed by atoms with Crippen molar-refractivity contribution in [3.05, 3.63) is 11.1 Å². The Labute approximate surface area is 134 Å². The number of carbonyl (C=O) groups excluding carboxylic acids is 1. The van der Waals surface area contributed by atoms with Crippen LogP contribution in [0.2, 0.25) is 0 Å². The van der Waals surface area contributed by atoms with Crippen LogP contribution >= 0.6 is 11.3 Å². The van der Waals surface area contributed by atoms with E-state index in [1.165, 1.54) is 30.6 Å². The largest absolute Gasteiger partial charge is 0.389 e. The van der Waals surface area contributed by atoms with E-state index >= 15 is 0 Å². The highest BCUT2D eigenvalue weighted by Crippen LogP contribution is 2.40. The molecular weight excluding hydrogens is 298 g/mol. The van der Waals surface area contributed by atoms with Crippen LogP contribution in [0.25, 0.3) is 0 Å². The molecule has 1 aromatic heterocycles. The number of amides is 1. The lowest BCUT2D eigenvalue weighted by atomic mass is 9.71. The van der Waals surface area contributed by atoms with Gasteiger partial charge in [0.2, 0.25) is 0 Å². The molecule has 0 aromatic carbocycles. The van der Waals surface area contributed by atoms with E-state index in [9.17, 15) is 9.90 Å². The molecule has 0 radical (unpaired) electrons. The monoisotopic (exact) mass is 321 g/mol. The lowest BCUT2D eigenvalue weighted by Gasteiger charge is -2.47. The first-order valence-electron chi connectivity index (χ1n) is 8.38. The molecule has 2 heterocycles. The summed E-state index contributed by atoms with van der Waals surface area (Å²) in [5.41, 5.74) is 0.0184. The molecular formula is C16H23N3O2S. The zero-order valence-electron chi connectivity index (χ0n) is 12.8. The first kappa shape index (κ1) is 14.5. The lowest BCUT2D eigenvalue weighted by Crippen LogP contribution is -2.54. The molecule has 6 heteroatoms. The third kappa shape index (κ3) is 2.74. The van der Waals surface area contributed by atoms with Crippen LogP contribution < -0.4 is 5.32 Å². The van der Waals surface area contributed by atoms with Crippen molar-refractivity contribution in [2.75, 3.05) is 18.4 Å². The normalized spacial score (nSPS) is 31.7. The van der Waals surface area contributed by atoms with Crippen LogP contribution in [0.5, 0.6) is 0 Å². The second-order valence-electron chi connectivity index (χ2n) is 7.00. The summed E-state index contributed by atoms with van der Waals surface area (Å²) in [5, 5.41) is 16.8. The number of thiazole rings is 1. The number of piperidine rings is 1. The van der Waals surface area contributed by atoms with E-state index in [4.69, 9.17) is 0 Å². The molecule has 3 aliphatic rings. The zero-order valence-corrected chi connectivity index (χ0v) is 13.6. The number of fused-ring (bicyclic) bond motifs is 1. The second-order valence-corrected chi connectivity index (χ2v) is 7.86. The number of carbonyl (C=O) groups is 1. The minimum absolute atomic E-state index is 0.0210. The van der Waals surface area contributed by atoms with Crippen molar-refractivity contribution >= 4 is 22.4 Å². The topological polar surface area (TPSA) is 65.5 Å². The van der Waals surface area contributed by atoms with E-state index in [0.29, 0.717) is 31.2 Å². The van der Waals surface area contributed by atoms with Gasteiger partial charge in [-0.3, -0.25) is 4.79 Å². The van der Waals surface area contributed by atoms with Gasteiger partial charge in [-0.25, -0.2) is 4.98 Å². The van der Waals surface area contributed by atoms with Gasteiger partial charge < -0.3 is 15.3 Å². The lowest BCUT2D eigenvalue weighted by molar-refractivity contribution is -0.0886. The Kier molecular flexibility index (Phi) is 3.61. The van der Waals surface area contributed by atoms with Crippen molar-refractivity contribution in [3.63, 3.8) is 0 Å². The molecule has 2 unspecified atom stereocenters. The van der Waals surface area contributed by atoms with Gasteiger partial charge in [-0.15, -0.1) is 11.3 Å². The van der Waals surface area contributed by atoms with Crippen LogP contribution in [0, 0.1) is 5.92 Å². The average Bonchev–Trinajstić information content (AvgIpc) is 3.21. The Morgan fingerprint density at radius 1 is 1.36 bits per heavy atom. The van der Waals surface area contributed by atoms with E-state index in [1.807, 2.05) is 10.3 Å². The van der Waals surface area contributed by atoms with Crippen LogP contribution in [-0.2, 0) is 0 Å². The predicted octanol–water partition coefficient (Wildman–Crippen LogP) is 2.48. The summed E-state index contributed by atoms with van der Waals surface area (Å²) in [6, 6.07) is 0.557. The number of likely N-dealkylation sites (tertiary alicyclic amines) is 1. The number of rotatable bonds is 3. The summed E-state index contributed by atoms with van der Waals surface area (Å²) in [5.74, 6) is 0.259. The molecule has 5 nitrogen and oxygen atoms in total. The van der Waals surface area contributed by atoms with Crippen molar-refractivity contribution < 1.29 is 9.90 Å². The summed E-state index contributed by atoms with van der Waals surface area (Å²) in [4.78, 5) is 19.0. The Balaban J connectivity index is 1.43. The van der Waals surface area contributed by atoms with E-state index in [-0.39, 0.29) is 11.8 Å². The molecule has 1 aromatic rings. The minimum atomic E-state index is -0.532. The summed E-state index contributed by atoms with van der Waals surface area (Å²) >= 11 is 1.51. The van der Waals surface area contributed by atoms with Crippen LogP contribution in [0.3, 0.4) is 0 Å². The van der Waals surface area contributed by atoms with Crippen molar-refractivity contribution in [2.45, 2.75) is 56.6 Å². The predicted molar refractivity (Wildman–Crippen MR) is 86.2 cm³/mol. The molecule has 4 rings (SSSR count). The van der Waals surface area contributed by atoms with Gasteiger partial charge in [-0.05, 0) is 32.1 Å². The molecule has 1 saturated heterocycles. The SMILES string of the molecule is O=C(c1csc(NC2CC2)n1)N1CCC2(O)CCCCC2C1. The number of anilines is 1. The van der Waals surface area contributed by atoms with Gasteiger partial charge in [0.1, 0.15) is 5.69 Å².